The number of nitrogens with zero attached hydrogens (tertiary/aromatic N) is 2. The summed E-state index contributed by atoms with van der Waals surface area (Å²) in [6, 6.07) is 7.42. The van der Waals surface area contributed by atoms with Crippen LogP contribution in [-0.2, 0) is 12.6 Å². The fourth-order valence-corrected chi connectivity index (χ4v) is 2.76. The summed E-state index contributed by atoms with van der Waals surface area (Å²) in [6.07, 6.45) is -7.70. The molecule has 3 nitrogen and oxygen atoms in total. The van der Waals surface area contributed by atoms with Crippen molar-refractivity contribution >= 4 is 0 Å². The highest BCUT2D eigenvalue weighted by Gasteiger charge is 2.53. The van der Waals surface area contributed by atoms with E-state index >= 15 is 0 Å². The lowest BCUT2D eigenvalue weighted by molar-refractivity contribution is -0.142. The van der Waals surface area contributed by atoms with E-state index in [1.54, 1.807) is 0 Å². The van der Waals surface area contributed by atoms with Crippen LogP contribution in [0, 0.1) is 11.3 Å². The van der Waals surface area contributed by atoms with Gasteiger partial charge in [0.05, 0.1) is 23.6 Å². The van der Waals surface area contributed by atoms with Gasteiger partial charge in [0, 0.05) is 23.1 Å². The number of halogens is 5. The molecule has 120 valence electrons. The zero-order chi connectivity index (χ0) is 17.0. The zero-order valence-corrected chi connectivity index (χ0v) is 11.4. The van der Waals surface area contributed by atoms with E-state index in [1.165, 1.54) is 24.3 Å². The van der Waals surface area contributed by atoms with E-state index in [1.807, 2.05) is 6.07 Å². The van der Waals surface area contributed by atoms with Crippen LogP contribution in [0.2, 0.25) is 0 Å². The molecule has 0 bridgehead atoms. The van der Waals surface area contributed by atoms with E-state index in [4.69, 9.17) is 5.26 Å². The summed E-state index contributed by atoms with van der Waals surface area (Å²) in [5.74, 6) is -3.67. The quantitative estimate of drug-likeness (QED) is 0.813. The third-order valence-electron chi connectivity index (χ3n) is 3.79. The van der Waals surface area contributed by atoms with Crippen LogP contribution in [-0.4, -0.2) is 15.6 Å². The van der Waals surface area contributed by atoms with Crippen LogP contribution in [0.4, 0.5) is 22.0 Å². The summed E-state index contributed by atoms with van der Waals surface area (Å²) < 4.78 is 67.7. The average molecular weight is 328 g/mol. The smallest absolute Gasteiger partial charge is 0.382 e. The molecule has 1 aliphatic rings. The van der Waals surface area contributed by atoms with Gasteiger partial charge in [-0.2, -0.15) is 18.4 Å². The summed E-state index contributed by atoms with van der Waals surface area (Å²) >= 11 is 0. The van der Waals surface area contributed by atoms with Gasteiger partial charge >= 0.3 is 6.18 Å². The summed E-state index contributed by atoms with van der Waals surface area (Å²) in [5, 5.41) is 18.5. The van der Waals surface area contributed by atoms with Gasteiger partial charge in [-0.3, -0.25) is 0 Å². The van der Waals surface area contributed by atoms with Gasteiger partial charge in [0.15, 0.2) is 0 Å². The first kappa shape index (κ1) is 15.5. The molecule has 1 aromatic carbocycles. The maximum absolute atomic E-state index is 13.7. The molecule has 1 unspecified atom stereocenters. The largest absolute Gasteiger partial charge is 0.418 e. The van der Waals surface area contributed by atoms with E-state index in [9.17, 15) is 27.1 Å². The Bertz CT molecular complexity index is 816. The highest BCUT2D eigenvalue weighted by molar-refractivity contribution is 5.50. The molecule has 0 amide bonds. The summed E-state index contributed by atoms with van der Waals surface area (Å²) in [7, 11) is 0. The molecule has 1 aromatic heterocycles. The standard InChI is InChI=1S/C15H9F5N2O/c16-14(17)5-11-12(13(14)23)10(15(18,19)20)7-22(11)9-3-1-2-8(4-9)6-21/h1-4,7,13,23H,5H2. The van der Waals surface area contributed by atoms with Gasteiger partial charge in [-0.15, -0.1) is 0 Å². The van der Waals surface area contributed by atoms with Crippen molar-refractivity contribution in [1.29, 1.82) is 5.26 Å². The Morgan fingerprint density at radius 2 is 2.00 bits per heavy atom. The monoisotopic (exact) mass is 328 g/mol. The number of hydrogen-bond donors (Lipinski definition) is 1. The average Bonchev–Trinajstić information content (AvgIpc) is 2.94. The molecule has 0 fully saturated rings. The van der Waals surface area contributed by atoms with E-state index in [2.05, 4.69) is 0 Å². The van der Waals surface area contributed by atoms with E-state index in [0.717, 1.165) is 4.57 Å². The molecule has 0 saturated heterocycles. The molecular weight excluding hydrogens is 319 g/mol. The summed E-state index contributed by atoms with van der Waals surface area (Å²) in [4.78, 5) is 0. The number of benzene rings is 1. The molecule has 1 aliphatic carbocycles. The topological polar surface area (TPSA) is 49.0 Å². The molecule has 0 radical (unpaired) electrons. The van der Waals surface area contributed by atoms with Crippen LogP contribution in [0.3, 0.4) is 0 Å². The van der Waals surface area contributed by atoms with E-state index in [-0.39, 0.29) is 16.9 Å². The lowest BCUT2D eigenvalue weighted by Crippen LogP contribution is -2.23. The lowest BCUT2D eigenvalue weighted by Gasteiger charge is -2.16. The number of alkyl halides is 5. The minimum absolute atomic E-state index is 0.153. The first-order valence-corrected chi connectivity index (χ1v) is 6.53. The Labute approximate surface area is 127 Å². The minimum Gasteiger partial charge on any atom is -0.382 e. The Balaban J connectivity index is 2.25. The third kappa shape index (κ3) is 2.37. The predicted octanol–water partition coefficient (Wildman–Crippen LogP) is 3.59. The summed E-state index contributed by atoms with van der Waals surface area (Å²) in [6.45, 7) is 0. The van der Waals surface area contributed by atoms with Gasteiger partial charge in [0.1, 0.15) is 6.10 Å². The molecule has 1 heterocycles. The van der Waals surface area contributed by atoms with Crippen molar-refractivity contribution in [1.82, 2.24) is 4.57 Å². The Hall–Kier alpha value is -2.40. The zero-order valence-electron chi connectivity index (χ0n) is 11.4. The van der Waals surface area contributed by atoms with Crippen molar-refractivity contribution in [3.05, 3.63) is 52.8 Å². The SMILES string of the molecule is N#Cc1cccc(-n2cc(C(F)(F)F)c3c2CC(F)(F)C3O)c1. The second kappa shape index (κ2) is 4.80. The van der Waals surface area contributed by atoms with E-state index in [0.29, 0.717) is 6.20 Å². The lowest BCUT2D eigenvalue weighted by atomic mass is 10.1. The van der Waals surface area contributed by atoms with Gasteiger partial charge in [-0.1, -0.05) is 6.07 Å². The molecule has 0 aliphatic heterocycles. The van der Waals surface area contributed by atoms with Crippen molar-refractivity contribution < 1.29 is 27.1 Å². The second-order valence-corrected chi connectivity index (χ2v) is 5.27. The maximum Gasteiger partial charge on any atom is 0.418 e. The second-order valence-electron chi connectivity index (χ2n) is 5.27. The molecule has 23 heavy (non-hydrogen) atoms. The molecule has 3 rings (SSSR count). The first-order chi connectivity index (χ1) is 10.6. The van der Waals surface area contributed by atoms with Crippen LogP contribution in [0.1, 0.15) is 28.5 Å². The third-order valence-corrected chi connectivity index (χ3v) is 3.79. The Morgan fingerprint density at radius 1 is 1.30 bits per heavy atom. The van der Waals surface area contributed by atoms with Crippen LogP contribution >= 0.6 is 0 Å². The molecule has 1 N–H and O–H groups in total. The number of fused-ring (bicyclic) bond motifs is 1. The van der Waals surface area contributed by atoms with Gasteiger partial charge in [0.2, 0.25) is 0 Å². The van der Waals surface area contributed by atoms with Gasteiger partial charge in [-0.05, 0) is 18.2 Å². The van der Waals surface area contributed by atoms with Crippen molar-refractivity contribution in [2.24, 2.45) is 0 Å². The fourth-order valence-electron chi connectivity index (χ4n) is 2.76. The highest BCUT2D eigenvalue weighted by atomic mass is 19.4. The normalized spacial score (nSPS) is 19.4. The van der Waals surface area contributed by atoms with E-state index < -0.39 is 35.8 Å². The predicted molar refractivity (Wildman–Crippen MR) is 69.1 cm³/mol. The summed E-state index contributed by atoms with van der Waals surface area (Å²) in [5.41, 5.74) is -2.06. The number of aliphatic hydroxyl groups excluding tert-OH is 1. The fraction of sp³-hybridized carbons (Fsp3) is 0.267. The molecule has 1 atom stereocenters. The van der Waals surface area contributed by atoms with Gasteiger partial charge < -0.3 is 9.67 Å². The van der Waals surface area contributed by atoms with Crippen LogP contribution in [0.15, 0.2) is 30.5 Å². The van der Waals surface area contributed by atoms with Crippen molar-refractivity contribution in [3.63, 3.8) is 0 Å². The number of aromatic nitrogens is 1. The van der Waals surface area contributed by atoms with Crippen LogP contribution < -0.4 is 0 Å². The van der Waals surface area contributed by atoms with Crippen LogP contribution in [0.5, 0.6) is 0 Å². The van der Waals surface area contributed by atoms with Crippen molar-refractivity contribution in [2.75, 3.05) is 0 Å². The molecule has 0 saturated carbocycles. The Kier molecular flexibility index (Phi) is 3.23. The molecule has 2 aromatic rings. The molecule has 0 spiro atoms. The van der Waals surface area contributed by atoms with Gasteiger partial charge in [0.25, 0.3) is 5.92 Å². The number of nitriles is 1. The van der Waals surface area contributed by atoms with Crippen molar-refractivity contribution in [3.8, 4) is 11.8 Å². The van der Waals surface area contributed by atoms with Crippen LogP contribution in [0.25, 0.3) is 5.69 Å². The molecular formula is C15H9F5N2O. The molecule has 8 heteroatoms. The maximum atomic E-state index is 13.7. The first-order valence-electron chi connectivity index (χ1n) is 6.53. The Morgan fingerprint density at radius 3 is 2.61 bits per heavy atom. The highest BCUT2D eigenvalue weighted by Crippen LogP contribution is 2.49. The minimum atomic E-state index is -4.87. The number of hydrogen-bond acceptors (Lipinski definition) is 2. The number of aliphatic hydroxyl groups is 1. The number of rotatable bonds is 1. The van der Waals surface area contributed by atoms with Crippen molar-refractivity contribution in [2.45, 2.75) is 24.6 Å². The van der Waals surface area contributed by atoms with Gasteiger partial charge in [-0.25, -0.2) is 8.78 Å².